The Hall–Kier alpha value is -0.880. The first-order chi connectivity index (χ1) is 9.41. The minimum atomic E-state index is 1.03. The topological polar surface area (TPSA) is 29.4 Å². The predicted molar refractivity (Wildman–Crippen MR) is 83.0 cm³/mol. The van der Waals surface area contributed by atoms with Crippen LogP contribution in [0.3, 0.4) is 0 Å². The van der Waals surface area contributed by atoms with Gasteiger partial charge in [-0.1, -0.05) is 83.6 Å². The molecule has 0 rings (SSSR count). The molecule has 0 aliphatic heterocycles. The third kappa shape index (κ3) is 17.1. The fourth-order valence-electron chi connectivity index (χ4n) is 2.26. The summed E-state index contributed by atoms with van der Waals surface area (Å²) < 4.78 is 0. The molecule has 0 saturated carbocycles. The van der Waals surface area contributed by atoms with Gasteiger partial charge in [0, 0.05) is 6.20 Å². The summed E-state index contributed by atoms with van der Waals surface area (Å²) in [6.45, 7) is 2.27. The highest BCUT2D eigenvalue weighted by molar-refractivity contribution is 5.34. The van der Waals surface area contributed by atoms with E-state index < -0.39 is 0 Å². The van der Waals surface area contributed by atoms with Gasteiger partial charge < -0.3 is 0 Å². The molecule has 0 heterocycles. The summed E-state index contributed by atoms with van der Waals surface area (Å²) in [4.78, 5) is 13.2. The van der Waals surface area contributed by atoms with Crippen LogP contribution in [0.2, 0.25) is 0 Å². The number of unbranched alkanes of at least 4 members (excludes halogenated alkanes) is 12. The molecule has 0 aromatic rings. The maximum Gasteiger partial charge on any atom is 0.239 e. The van der Waals surface area contributed by atoms with Crippen LogP contribution in [0.5, 0.6) is 0 Å². The van der Waals surface area contributed by atoms with Crippen molar-refractivity contribution in [2.24, 2.45) is 4.99 Å². The highest BCUT2D eigenvalue weighted by Crippen LogP contribution is 2.12. The Morgan fingerprint density at radius 2 is 1.26 bits per heavy atom. The predicted octanol–water partition coefficient (Wildman–Crippen LogP) is 5.93. The molecule has 0 amide bonds. The fourth-order valence-corrected chi connectivity index (χ4v) is 2.26. The summed E-state index contributed by atoms with van der Waals surface area (Å²) >= 11 is 0. The first-order valence-electron chi connectivity index (χ1n) is 8.13. The van der Waals surface area contributed by atoms with E-state index >= 15 is 0 Å². The average Bonchev–Trinajstić information content (AvgIpc) is 2.43. The molecule has 0 aromatic carbocycles. The van der Waals surface area contributed by atoms with Crippen LogP contribution in [-0.2, 0) is 4.79 Å². The van der Waals surface area contributed by atoms with E-state index in [0.717, 1.165) is 6.42 Å². The van der Waals surface area contributed by atoms with Crippen LogP contribution in [0.25, 0.3) is 0 Å². The van der Waals surface area contributed by atoms with Crippen molar-refractivity contribution in [3.05, 3.63) is 12.3 Å². The summed E-state index contributed by atoms with van der Waals surface area (Å²) in [5.41, 5.74) is 0. The van der Waals surface area contributed by atoms with Crippen molar-refractivity contribution >= 4 is 6.08 Å². The van der Waals surface area contributed by atoms with Gasteiger partial charge in [0.2, 0.25) is 6.08 Å². The molecule has 0 spiro atoms. The van der Waals surface area contributed by atoms with E-state index in [1.807, 2.05) is 6.08 Å². The highest BCUT2D eigenvalue weighted by Gasteiger charge is 1.92. The maximum atomic E-state index is 9.80. The molecular formula is C17H31NO. The van der Waals surface area contributed by atoms with Crippen molar-refractivity contribution in [3.8, 4) is 0 Å². The van der Waals surface area contributed by atoms with Crippen LogP contribution in [0.4, 0.5) is 0 Å². The van der Waals surface area contributed by atoms with Gasteiger partial charge in [-0.3, -0.25) is 0 Å². The molecule has 2 nitrogen and oxygen atoms in total. The van der Waals surface area contributed by atoms with Gasteiger partial charge in [0.05, 0.1) is 0 Å². The highest BCUT2D eigenvalue weighted by atomic mass is 16.1. The molecule has 0 N–H and O–H groups in total. The monoisotopic (exact) mass is 265 g/mol. The van der Waals surface area contributed by atoms with E-state index in [2.05, 4.69) is 11.9 Å². The number of hydrogen-bond acceptors (Lipinski definition) is 2. The number of rotatable bonds is 14. The minimum absolute atomic E-state index is 1.03. The lowest BCUT2D eigenvalue weighted by Gasteiger charge is -2.02. The summed E-state index contributed by atoms with van der Waals surface area (Å²) in [5.74, 6) is 0. The summed E-state index contributed by atoms with van der Waals surface area (Å²) in [7, 11) is 0. The number of isocyanates is 1. The first kappa shape index (κ1) is 18.1. The Labute approximate surface area is 119 Å². The van der Waals surface area contributed by atoms with Gasteiger partial charge in [0.25, 0.3) is 0 Å². The van der Waals surface area contributed by atoms with Crippen LogP contribution in [0, 0.1) is 0 Å². The second-order valence-corrected chi connectivity index (χ2v) is 5.28. The SMILES string of the molecule is CCCCCCCCCCCCCC/C=C/N=C=O. The van der Waals surface area contributed by atoms with Crippen LogP contribution in [0.1, 0.15) is 90.4 Å². The largest absolute Gasteiger partial charge is 0.239 e. The molecule has 0 aliphatic rings. The van der Waals surface area contributed by atoms with Crippen LogP contribution in [0.15, 0.2) is 17.3 Å². The second kappa shape index (κ2) is 17.1. The zero-order chi connectivity index (χ0) is 14.0. The van der Waals surface area contributed by atoms with E-state index in [1.54, 1.807) is 6.20 Å². The smallest absolute Gasteiger partial charge is 0.211 e. The molecule has 110 valence electrons. The van der Waals surface area contributed by atoms with Gasteiger partial charge in [0.15, 0.2) is 0 Å². The van der Waals surface area contributed by atoms with E-state index in [4.69, 9.17) is 0 Å². The molecule has 0 bridgehead atoms. The van der Waals surface area contributed by atoms with Gasteiger partial charge >= 0.3 is 0 Å². The number of hydrogen-bond donors (Lipinski definition) is 0. The first-order valence-corrected chi connectivity index (χ1v) is 8.13. The normalized spacial score (nSPS) is 10.8. The number of nitrogens with zero attached hydrogens (tertiary/aromatic N) is 1. The van der Waals surface area contributed by atoms with Crippen LogP contribution < -0.4 is 0 Å². The zero-order valence-electron chi connectivity index (χ0n) is 12.7. The fraction of sp³-hybridized carbons (Fsp3) is 0.824. The van der Waals surface area contributed by atoms with Gasteiger partial charge in [0.1, 0.15) is 0 Å². The molecule has 2 heteroatoms. The Kier molecular flexibility index (Phi) is 16.3. The van der Waals surface area contributed by atoms with Crippen LogP contribution >= 0.6 is 0 Å². The van der Waals surface area contributed by atoms with E-state index in [1.165, 1.54) is 83.1 Å². The lowest BCUT2D eigenvalue weighted by Crippen LogP contribution is -1.82. The van der Waals surface area contributed by atoms with E-state index in [-0.39, 0.29) is 0 Å². The van der Waals surface area contributed by atoms with Crippen molar-refractivity contribution in [2.45, 2.75) is 90.4 Å². The second-order valence-electron chi connectivity index (χ2n) is 5.28. The van der Waals surface area contributed by atoms with E-state index in [9.17, 15) is 4.79 Å². The molecule has 19 heavy (non-hydrogen) atoms. The number of allylic oxidation sites excluding steroid dienone is 1. The van der Waals surface area contributed by atoms with Gasteiger partial charge in [-0.05, 0) is 12.8 Å². The van der Waals surface area contributed by atoms with Crippen molar-refractivity contribution in [3.63, 3.8) is 0 Å². The van der Waals surface area contributed by atoms with Crippen molar-refractivity contribution in [1.82, 2.24) is 0 Å². The van der Waals surface area contributed by atoms with Crippen molar-refractivity contribution in [2.75, 3.05) is 0 Å². The molecule has 0 fully saturated rings. The quantitative estimate of drug-likeness (QED) is 0.217. The molecule has 0 unspecified atom stereocenters. The Balaban J connectivity index is 3.00. The van der Waals surface area contributed by atoms with Gasteiger partial charge in [-0.25, -0.2) is 4.79 Å². The van der Waals surface area contributed by atoms with Gasteiger partial charge in [-0.2, -0.15) is 4.99 Å². The Morgan fingerprint density at radius 1 is 0.789 bits per heavy atom. The van der Waals surface area contributed by atoms with Crippen LogP contribution in [-0.4, -0.2) is 6.08 Å². The molecule has 0 aliphatic carbocycles. The molecule has 0 radical (unpaired) electrons. The minimum Gasteiger partial charge on any atom is -0.211 e. The van der Waals surface area contributed by atoms with E-state index in [0.29, 0.717) is 0 Å². The molecular weight excluding hydrogens is 234 g/mol. The summed E-state index contributed by atoms with van der Waals surface area (Å²) in [5, 5.41) is 0. The lowest BCUT2D eigenvalue weighted by molar-refractivity contribution is 0.545. The van der Waals surface area contributed by atoms with Gasteiger partial charge in [-0.15, -0.1) is 0 Å². The summed E-state index contributed by atoms with van der Waals surface area (Å²) in [6, 6.07) is 0. The van der Waals surface area contributed by atoms with Crippen molar-refractivity contribution < 1.29 is 4.79 Å². The molecule has 0 atom stereocenters. The Morgan fingerprint density at radius 3 is 1.74 bits per heavy atom. The zero-order valence-corrected chi connectivity index (χ0v) is 12.7. The lowest BCUT2D eigenvalue weighted by atomic mass is 10.0. The Bertz CT molecular complexity index is 242. The maximum absolute atomic E-state index is 9.80. The third-order valence-electron chi connectivity index (χ3n) is 3.46. The average molecular weight is 265 g/mol. The third-order valence-corrected chi connectivity index (χ3v) is 3.46. The number of carbonyl (C=O) groups excluding carboxylic acids is 1. The number of aliphatic imine (C=N–C) groups is 1. The van der Waals surface area contributed by atoms with Crippen molar-refractivity contribution in [1.29, 1.82) is 0 Å². The standard InChI is InChI=1S/C17H31NO/c1-2-3-4-5-6-7-8-9-10-11-12-13-14-15-16-18-17-19/h15-16H,2-14H2,1H3/b16-15+. The molecule has 0 saturated heterocycles. The molecule has 0 aromatic heterocycles. The summed E-state index contributed by atoms with van der Waals surface area (Å²) in [6.07, 6.45) is 22.6.